The molecule has 1 atom stereocenters. The van der Waals surface area contributed by atoms with E-state index in [1.165, 1.54) is 12.8 Å². The van der Waals surface area contributed by atoms with Crippen LogP contribution in [0.15, 0.2) is 42.5 Å². The number of carbonyl (C=O) groups is 1. The highest BCUT2D eigenvalue weighted by Crippen LogP contribution is 2.21. The summed E-state index contributed by atoms with van der Waals surface area (Å²) in [7, 11) is 0. The van der Waals surface area contributed by atoms with Crippen molar-refractivity contribution in [1.82, 2.24) is 4.90 Å². The van der Waals surface area contributed by atoms with Crippen LogP contribution in [0.5, 0.6) is 5.75 Å². The Morgan fingerprint density at radius 2 is 1.68 bits per heavy atom. The third-order valence-corrected chi connectivity index (χ3v) is 4.72. The van der Waals surface area contributed by atoms with Gasteiger partial charge < -0.3 is 16.2 Å². The van der Waals surface area contributed by atoms with E-state index in [1.54, 1.807) is 30.3 Å². The quantitative estimate of drug-likeness (QED) is 0.625. The van der Waals surface area contributed by atoms with Crippen molar-refractivity contribution in [2.24, 2.45) is 0 Å². The minimum Gasteiger partial charge on any atom is -0.492 e. The van der Waals surface area contributed by atoms with Crippen LogP contribution in [0.4, 0.5) is 11.4 Å². The van der Waals surface area contributed by atoms with Crippen LogP contribution in [0.3, 0.4) is 0 Å². The van der Waals surface area contributed by atoms with Crippen molar-refractivity contribution in [2.75, 3.05) is 31.2 Å². The largest absolute Gasteiger partial charge is 0.492 e. The van der Waals surface area contributed by atoms with Crippen LogP contribution >= 0.6 is 0 Å². The fourth-order valence-corrected chi connectivity index (χ4v) is 3.09. The average molecular weight is 339 g/mol. The van der Waals surface area contributed by atoms with Gasteiger partial charge in [0.15, 0.2) is 5.78 Å². The normalized spacial score (nSPS) is 15.9. The summed E-state index contributed by atoms with van der Waals surface area (Å²) in [5, 5.41) is 0. The number of nitrogens with zero attached hydrogens (tertiary/aromatic N) is 1. The number of nitrogen functional groups attached to an aromatic ring is 2. The molecule has 1 aliphatic rings. The highest BCUT2D eigenvalue weighted by Gasteiger charge is 2.18. The summed E-state index contributed by atoms with van der Waals surface area (Å²) in [5.41, 5.74) is 13.5. The third kappa shape index (κ3) is 4.12. The van der Waals surface area contributed by atoms with Crippen molar-refractivity contribution in [3.05, 3.63) is 53.6 Å². The van der Waals surface area contributed by atoms with E-state index in [9.17, 15) is 4.79 Å². The zero-order valence-corrected chi connectivity index (χ0v) is 14.6. The van der Waals surface area contributed by atoms with Crippen LogP contribution in [-0.4, -0.2) is 36.4 Å². The van der Waals surface area contributed by atoms with Gasteiger partial charge in [-0.15, -0.1) is 0 Å². The first-order chi connectivity index (χ1) is 12.0. The van der Waals surface area contributed by atoms with Gasteiger partial charge in [0.1, 0.15) is 12.4 Å². The summed E-state index contributed by atoms with van der Waals surface area (Å²) >= 11 is 0. The molecule has 1 saturated heterocycles. The van der Waals surface area contributed by atoms with E-state index in [0.29, 0.717) is 35.2 Å². The number of likely N-dealkylation sites (tertiary alicyclic amines) is 1. The summed E-state index contributed by atoms with van der Waals surface area (Å²) in [6.07, 6.45) is 2.55. The van der Waals surface area contributed by atoms with E-state index in [4.69, 9.17) is 16.2 Å². The minimum atomic E-state index is -0.0799. The van der Waals surface area contributed by atoms with E-state index in [1.807, 2.05) is 12.1 Å². The molecule has 2 aromatic carbocycles. The molecule has 1 aliphatic heterocycles. The Hall–Kier alpha value is -2.53. The van der Waals surface area contributed by atoms with Crippen LogP contribution in [0.1, 0.15) is 35.7 Å². The third-order valence-electron chi connectivity index (χ3n) is 4.72. The molecule has 5 heteroatoms. The molecule has 0 aromatic heterocycles. The molecule has 1 fully saturated rings. The van der Waals surface area contributed by atoms with E-state index < -0.39 is 0 Å². The zero-order valence-electron chi connectivity index (χ0n) is 14.6. The molecular formula is C20H25N3O2. The van der Waals surface area contributed by atoms with Crippen molar-refractivity contribution in [1.29, 1.82) is 0 Å². The Kier molecular flexibility index (Phi) is 5.24. The SMILES string of the molecule is CC(COc1ccc(C(=O)c2ccc(N)c(N)c2)cc1)N1CCCC1. The standard InChI is InChI=1S/C20H25N3O2/c1-14(23-10-2-3-11-23)13-25-17-7-4-15(5-8-17)20(24)16-6-9-18(21)19(22)12-16/h4-9,12,14H,2-3,10-11,13,21-22H2,1H3. The molecule has 25 heavy (non-hydrogen) atoms. The van der Waals surface area contributed by atoms with Gasteiger partial charge in [0, 0.05) is 17.2 Å². The molecule has 3 rings (SSSR count). The number of anilines is 2. The molecule has 0 amide bonds. The van der Waals surface area contributed by atoms with Crippen molar-refractivity contribution in [2.45, 2.75) is 25.8 Å². The first kappa shape index (κ1) is 17.3. The highest BCUT2D eigenvalue weighted by molar-refractivity contribution is 6.09. The Labute approximate surface area is 148 Å². The Balaban J connectivity index is 1.61. The smallest absolute Gasteiger partial charge is 0.193 e. The van der Waals surface area contributed by atoms with Gasteiger partial charge in [0.25, 0.3) is 0 Å². The molecule has 1 unspecified atom stereocenters. The van der Waals surface area contributed by atoms with Crippen LogP contribution in [0.2, 0.25) is 0 Å². The minimum absolute atomic E-state index is 0.0799. The van der Waals surface area contributed by atoms with Crippen LogP contribution < -0.4 is 16.2 Å². The maximum Gasteiger partial charge on any atom is 0.193 e. The number of hydrogen-bond acceptors (Lipinski definition) is 5. The summed E-state index contributed by atoms with van der Waals surface area (Å²) < 4.78 is 5.87. The Morgan fingerprint density at radius 3 is 2.32 bits per heavy atom. The molecule has 5 nitrogen and oxygen atoms in total. The van der Waals surface area contributed by atoms with Crippen molar-refractivity contribution in [3.8, 4) is 5.75 Å². The molecule has 132 valence electrons. The summed E-state index contributed by atoms with van der Waals surface area (Å²) in [5.74, 6) is 0.697. The fraction of sp³-hybridized carbons (Fsp3) is 0.350. The molecule has 1 heterocycles. The summed E-state index contributed by atoms with van der Waals surface area (Å²) in [4.78, 5) is 15.0. The predicted octanol–water partition coefficient (Wildman–Crippen LogP) is 2.95. The van der Waals surface area contributed by atoms with Crippen LogP contribution in [0.25, 0.3) is 0 Å². The highest BCUT2D eigenvalue weighted by atomic mass is 16.5. The van der Waals surface area contributed by atoms with Crippen LogP contribution in [0, 0.1) is 0 Å². The second-order valence-electron chi connectivity index (χ2n) is 6.60. The molecule has 0 saturated carbocycles. The van der Waals surface area contributed by atoms with Gasteiger partial charge in [0.05, 0.1) is 11.4 Å². The number of carbonyl (C=O) groups excluding carboxylic acids is 1. The van der Waals surface area contributed by atoms with Gasteiger partial charge in [-0.25, -0.2) is 0 Å². The monoisotopic (exact) mass is 339 g/mol. The number of rotatable bonds is 6. The second-order valence-corrected chi connectivity index (χ2v) is 6.60. The van der Waals surface area contributed by atoms with E-state index in [-0.39, 0.29) is 5.78 Å². The zero-order chi connectivity index (χ0) is 17.8. The molecule has 0 spiro atoms. The molecule has 0 aliphatic carbocycles. The Bertz CT molecular complexity index is 737. The van der Waals surface area contributed by atoms with Gasteiger partial charge in [-0.1, -0.05) is 0 Å². The number of benzene rings is 2. The van der Waals surface area contributed by atoms with Gasteiger partial charge in [-0.3, -0.25) is 9.69 Å². The molecule has 4 N–H and O–H groups in total. The second kappa shape index (κ2) is 7.57. The van der Waals surface area contributed by atoms with Gasteiger partial charge in [0.2, 0.25) is 0 Å². The van der Waals surface area contributed by atoms with Gasteiger partial charge in [-0.05, 0) is 75.3 Å². The van der Waals surface area contributed by atoms with Crippen molar-refractivity contribution < 1.29 is 9.53 Å². The lowest BCUT2D eigenvalue weighted by Crippen LogP contribution is -2.34. The summed E-state index contributed by atoms with van der Waals surface area (Å²) in [6.45, 7) is 5.15. The first-order valence-electron chi connectivity index (χ1n) is 8.71. The van der Waals surface area contributed by atoms with E-state index in [2.05, 4.69) is 11.8 Å². The predicted molar refractivity (Wildman–Crippen MR) is 101 cm³/mol. The topological polar surface area (TPSA) is 81.6 Å². The van der Waals surface area contributed by atoms with Crippen LogP contribution in [-0.2, 0) is 0 Å². The first-order valence-corrected chi connectivity index (χ1v) is 8.71. The van der Waals surface area contributed by atoms with Gasteiger partial charge >= 0.3 is 0 Å². The molecule has 2 aromatic rings. The Morgan fingerprint density at radius 1 is 1.04 bits per heavy atom. The molecule has 0 bridgehead atoms. The summed E-state index contributed by atoms with van der Waals surface area (Å²) in [6, 6.07) is 12.6. The number of hydrogen-bond donors (Lipinski definition) is 2. The number of ether oxygens (including phenoxy) is 1. The number of nitrogens with two attached hydrogens (primary N) is 2. The van der Waals surface area contributed by atoms with Crippen molar-refractivity contribution >= 4 is 17.2 Å². The lowest BCUT2D eigenvalue weighted by atomic mass is 10.0. The number of ketones is 1. The van der Waals surface area contributed by atoms with Gasteiger partial charge in [-0.2, -0.15) is 0 Å². The van der Waals surface area contributed by atoms with Crippen molar-refractivity contribution in [3.63, 3.8) is 0 Å². The molecular weight excluding hydrogens is 314 g/mol. The van der Waals surface area contributed by atoms with E-state index >= 15 is 0 Å². The molecule has 0 radical (unpaired) electrons. The average Bonchev–Trinajstić information content (AvgIpc) is 3.16. The lowest BCUT2D eigenvalue weighted by Gasteiger charge is -2.23. The maximum absolute atomic E-state index is 12.5. The lowest BCUT2D eigenvalue weighted by molar-refractivity contribution is 0.103. The fourth-order valence-electron chi connectivity index (χ4n) is 3.09. The van der Waals surface area contributed by atoms with E-state index in [0.717, 1.165) is 18.8 Å². The maximum atomic E-state index is 12.5.